The van der Waals surface area contributed by atoms with Crippen LogP contribution in [0.2, 0.25) is 10.0 Å². The minimum atomic E-state index is -4.76. The summed E-state index contributed by atoms with van der Waals surface area (Å²) in [6.07, 6.45) is 0. The summed E-state index contributed by atoms with van der Waals surface area (Å²) >= 11 is 11.1. The Kier molecular flexibility index (Phi) is 3.02. The van der Waals surface area contributed by atoms with Crippen molar-refractivity contribution < 1.29 is 17.2 Å². The smallest absolute Gasteiger partial charge is 0.262 e. The molecule has 1 aromatic rings. The Morgan fingerprint density at radius 3 is 2.31 bits per heavy atom. The topological polar surface area (TPSA) is 66.4 Å². The van der Waals surface area contributed by atoms with E-state index in [1.807, 2.05) is 0 Å². The molecule has 0 aliphatic rings. The molecule has 0 fully saturated rings. The molecule has 0 saturated heterocycles. The summed E-state index contributed by atoms with van der Waals surface area (Å²) in [6, 6.07) is 3.69. The molecule has 0 aromatic heterocycles. The number of rotatable bonds is 2. The van der Waals surface area contributed by atoms with Crippen molar-refractivity contribution in [3.63, 3.8) is 0 Å². The lowest BCUT2D eigenvalue weighted by Gasteiger charge is -2.08. The largest absolute Gasteiger partial charge is 0.716 e. The molecule has 7 heteroatoms. The van der Waals surface area contributed by atoms with E-state index < -0.39 is 10.4 Å². The molecule has 0 unspecified atom stereocenters. The Balaban J connectivity index is 2.99. The van der Waals surface area contributed by atoms with Gasteiger partial charge in [0.2, 0.25) is 0 Å². The fourth-order valence-electron chi connectivity index (χ4n) is 0.647. The molecule has 0 aliphatic heterocycles. The van der Waals surface area contributed by atoms with Crippen molar-refractivity contribution in [2.45, 2.75) is 0 Å². The third-order valence-electron chi connectivity index (χ3n) is 1.09. The molecule has 0 heterocycles. The van der Waals surface area contributed by atoms with Gasteiger partial charge in [-0.15, -0.1) is 0 Å². The fourth-order valence-corrected chi connectivity index (χ4v) is 1.27. The molecule has 0 N–H and O–H groups in total. The minimum absolute atomic E-state index is 0.114. The van der Waals surface area contributed by atoms with E-state index >= 15 is 0 Å². The van der Waals surface area contributed by atoms with Crippen LogP contribution in [-0.4, -0.2) is 13.0 Å². The maximum absolute atomic E-state index is 10.1. The van der Waals surface area contributed by atoms with E-state index in [1.54, 1.807) is 0 Å². The fraction of sp³-hybridized carbons (Fsp3) is 0. The van der Waals surface area contributed by atoms with Crippen LogP contribution in [0, 0.1) is 0 Å². The maximum atomic E-state index is 10.1. The highest BCUT2D eigenvalue weighted by molar-refractivity contribution is 7.81. The van der Waals surface area contributed by atoms with Crippen LogP contribution in [-0.2, 0) is 10.4 Å². The first-order chi connectivity index (χ1) is 5.88. The quantitative estimate of drug-likeness (QED) is 0.586. The lowest BCUT2D eigenvalue weighted by atomic mass is 10.3. The third kappa shape index (κ3) is 3.40. The Morgan fingerprint density at radius 1 is 1.23 bits per heavy atom. The summed E-state index contributed by atoms with van der Waals surface area (Å²) in [5.41, 5.74) is 0. The van der Waals surface area contributed by atoms with Crippen LogP contribution in [0.5, 0.6) is 5.75 Å². The monoisotopic (exact) mass is 241 g/mol. The van der Waals surface area contributed by atoms with Gasteiger partial charge < -0.3 is 8.74 Å². The van der Waals surface area contributed by atoms with Crippen LogP contribution < -0.4 is 4.18 Å². The maximum Gasteiger partial charge on any atom is 0.262 e. The normalized spacial score (nSPS) is 11.3. The summed E-state index contributed by atoms with van der Waals surface area (Å²) in [5.74, 6) is -0.163. The zero-order valence-electron chi connectivity index (χ0n) is 6.03. The van der Waals surface area contributed by atoms with Crippen LogP contribution in [0.1, 0.15) is 0 Å². The van der Waals surface area contributed by atoms with Gasteiger partial charge in [-0.1, -0.05) is 23.2 Å². The van der Waals surface area contributed by atoms with Gasteiger partial charge in [-0.25, -0.2) is 8.42 Å². The molecular weight excluding hydrogens is 239 g/mol. The van der Waals surface area contributed by atoms with Crippen LogP contribution in [0.15, 0.2) is 18.2 Å². The average Bonchev–Trinajstić information content (AvgIpc) is 1.94. The highest BCUT2D eigenvalue weighted by Gasteiger charge is 2.02. The number of benzene rings is 1. The standard InChI is InChI=1S/C6H4Cl2O4S/c7-5-2-1-4(3-6(5)8)12-13(9,10)11/h1-3H,(H,9,10,11)/p-1. The first kappa shape index (κ1) is 10.6. The zero-order chi connectivity index (χ0) is 10.1. The lowest BCUT2D eigenvalue weighted by Crippen LogP contribution is -2.06. The van der Waals surface area contributed by atoms with E-state index in [2.05, 4.69) is 4.18 Å². The van der Waals surface area contributed by atoms with Crippen molar-refractivity contribution >= 4 is 33.6 Å². The predicted molar refractivity (Wildman–Crippen MR) is 46.8 cm³/mol. The van der Waals surface area contributed by atoms with Gasteiger partial charge >= 0.3 is 0 Å². The van der Waals surface area contributed by atoms with E-state index in [1.165, 1.54) is 12.1 Å². The Hall–Kier alpha value is -0.490. The van der Waals surface area contributed by atoms with E-state index in [9.17, 15) is 13.0 Å². The summed E-state index contributed by atoms with van der Waals surface area (Å²) < 4.78 is 34.4. The molecule has 0 radical (unpaired) electrons. The second-order valence-electron chi connectivity index (χ2n) is 2.07. The first-order valence-corrected chi connectivity index (χ1v) is 5.08. The Morgan fingerprint density at radius 2 is 1.85 bits per heavy atom. The van der Waals surface area contributed by atoms with Crippen LogP contribution >= 0.6 is 23.2 Å². The second-order valence-corrected chi connectivity index (χ2v) is 3.87. The van der Waals surface area contributed by atoms with Gasteiger partial charge in [0, 0.05) is 6.07 Å². The molecule has 1 rings (SSSR count). The van der Waals surface area contributed by atoms with Crippen molar-refractivity contribution in [2.24, 2.45) is 0 Å². The van der Waals surface area contributed by atoms with Crippen LogP contribution in [0.4, 0.5) is 0 Å². The van der Waals surface area contributed by atoms with Crippen molar-refractivity contribution in [1.82, 2.24) is 0 Å². The Bertz CT molecular complexity index is 415. The van der Waals surface area contributed by atoms with Gasteiger partial charge in [0.15, 0.2) is 0 Å². The summed E-state index contributed by atoms with van der Waals surface area (Å²) in [5, 5.41) is 0.361. The van der Waals surface area contributed by atoms with Crippen molar-refractivity contribution in [2.75, 3.05) is 0 Å². The highest BCUT2D eigenvalue weighted by Crippen LogP contribution is 2.26. The summed E-state index contributed by atoms with van der Waals surface area (Å²) in [6.45, 7) is 0. The molecule has 0 spiro atoms. The molecule has 1 aromatic carbocycles. The average molecular weight is 242 g/mol. The lowest BCUT2D eigenvalue weighted by molar-refractivity contribution is 0.372. The van der Waals surface area contributed by atoms with Crippen molar-refractivity contribution in [3.8, 4) is 5.75 Å². The van der Waals surface area contributed by atoms with E-state index in [0.29, 0.717) is 0 Å². The van der Waals surface area contributed by atoms with Crippen LogP contribution in [0.25, 0.3) is 0 Å². The summed E-state index contributed by atoms with van der Waals surface area (Å²) in [7, 11) is -4.76. The van der Waals surface area contributed by atoms with Crippen molar-refractivity contribution in [3.05, 3.63) is 28.2 Å². The van der Waals surface area contributed by atoms with Crippen LogP contribution in [0.3, 0.4) is 0 Å². The number of hydrogen-bond acceptors (Lipinski definition) is 4. The Labute approximate surface area is 85.0 Å². The van der Waals surface area contributed by atoms with Gasteiger partial charge in [-0.05, 0) is 12.1 Å². The zero-order valence-corrected chi connectivity index (χ0v) is 8.36. The first-order valence-electron chi connectivity index (χ1n) is 2.99. The van der Waals surface area contributed by atoms with Gasteiger partial charge in [0.25, 0.3) is 10.4 Å². The molecule has 0 atom stereocenters. The van der Waals surface area contributed by atoms with Gasteiger partial charge in [0.1, 0.15) is 5.75 Å². The SMILES string of the molecule is O=S(=O)([O-])Oc1ccc(Cl)c(Cl)c1. The van der Waals surface area contributed by atoms with E-state index in [-0.39, 0.29) is 15.8 Å². The molecule has 72 valence electrons. The molecule has 4 nitrogen and oxygen atoms in total. The van der Waals surface area contributed by atoms with E-state index in [4.69, 9.17) is 23.2 Å². The number of halogens is 2. The highest BCUT2D eigenvalue weighted by atomic mass is 35.5. The third-order valence-corrected chi connectivity index (χ3v) is 2.22. The van der Waals surface area contributed by atoms with E-state index in [0.717, 1.165) is 6.07 Å². The molecule has 0 bridgehead atoms. The molecule has 0 saturated carbocycles. The summed E-state index contributed by atoms with van der Waals surface area (Å²) in [4.78, 5) is 0. The molecule has 0 amide bonds. The molecule has 13 heavy (non-hydrogen) atoms. The van der Waals surface area contributed by atoms with Gasteiger partial charge in [0.05, 0.1) is 10.0 Å². The minimum Gasteiger partial charge on any atom is -0.716 e. The van der Waals surface area contributed by atoms with Crippen molar-refractivity contribution in [1.29, 1.82) is 0 Å². The van der Waals surface area contributed by atoms with Gasteiger partial charge in [-0.3, -0.25) is 0 Å². The molecular formula is C6H3Cl2O4S-. The predicted octanol–water partition coefficient (Wildman–Crippen LogP) is 1.83. The number of hydrogen-bond donors (Lipinski definition) is 0. The second kappa shape index (κ2) is 3.71. The molecule has 0 aliphatic carbocycles. The van der Waals surface area contributed by atoms with Gasteiger partial charge in [-0.2, -0.15) is 0 Å².